The summed E-state index contributed by atoms with van der Waals surface area (Å²) in [6.45, 7) is 0.712. The second-order valence-corrected chi connectivity index (χ2v) is 4.17. The lowest BCUT2D eigenvalue weighted by molar-refractivity contribution is -0.141. The predicted octanol–water partition coefficient (Wildman–Crippen LogP) is 2.00. The minimum absolute atomic E-state index is 0.0242. The third-order valence-electron chi connectivity index (χ3n) is 2.94. The molecule has 0 radical (unpaired) electrons. The van der Waals surface area contributed by atoms with Crippen LogP contribution < -0.4 is 4.90 Å². The summed E-state index contributed by atoms with van der Waals surface area (Å²) in [5.74, 6) is -1.06. The van der Waals surface area contributed by atoms with E-state index in [0.717, 1.165) is 12.1 Å². The van der Waals surface area contributed by atoms with Crippen molar-refractivity contribution < 1.29 is 27.8 Å². The van der Waals surface area contributed by atoms with Crippen molar-refractivity contribution in [1.82, 2.24) is 0 Å². The van der Waals surface area contributed by atoms with Crippen LogP contribution in [0.3, 0.4) is 0 Å². The highest BCUT2D eigenvalue weighted by Gasteiger charge is 2.32. The number of morpholine rings is 1. The summed E-state index contributed by atoms with van der Waals surface area (Å²) in [5.41, 5.74) is -0.305. The van der Waals surface area contributed by atoms with E-state index in [1.165, 1.54) is 17.0 Å². The van der Waals surface area contributed by atoms with Crippen molar-refractivity contribution in [3.05, 3.63) is 29.8 Å². The van der Waals surface area contributed by atoms with Gasteiger partial charge in [-0.2, -0.15) is 13.2 Å². The van der Waals surface area contributed by atoms with Crippen LogP contribution in [0.15, 0.2) is 24.3 Å². The molecule has 1 aliphatic rings. The number of carbonyl (C=O) groups is 1. The first-order chi connectivity index (χ1) is 8.89. The fourth-order valence-electron chi connectivity index (χ4n) is 1.96. The highest BCUT2D eigenvalue weighted by atomic mass is 19.4. The fourth-order valence-corrected chi connectivity index (χ4v) is 1.96. The second kappa shape index (κ2) is 5.08. The van der Waals surface area contributed by atoms with Crippen LogP contribution in [-0.2, 0) is 15.7 Å². The average molecular weight is 275 g/mol. The van der Waals surface area contributed by atoms with E-state index in [9.17, 15) is 18.0 Å². The zero-order chi connectivity index (χ0) is 14.0. The molecule has 1 aromatic rings. The van der Waals surface area contributed by atoms with Crippen molar-refractivity contribution in [3.63, 3.8) is 0 Å². The van der Waals surface area contributed by atoms with Crippen LogP contribution in [0.25, 0.3) is 0 Å². The van der Waals surface area contributed by atoms with Crippen LogP contribution in [0.2, 0.25) is 0 Å². The molecule has 4 nitrogen and oxygen atoms in total. The fraction of sp³-hybridized carbons (Fsp3) is 0.417. The monoisotopic (exact) mass is 275 g/mol. The second-order valence-electron chi connectivity index (χ2n) is 4.17. The number of aliphatic carboxylic acids is 1. The van der Waals surface area contributed by atoms with Crippen LogP contribution in [-0.4, -0.2) is 36.9 Å². The molecule has 1 heterocycles. The number of rotatable bonds is 2. The Morgan fingerprint density at radius 2 is 1.95 bits per heavy atom. The van der Waals surface area contributed by atoms with Gasteiger partial charge >= 0.3 is 12.1 Å². The first kappa shape index (κ1) is 13.7. The highest BCUT2D eigenvalue weighted by Crippen LogP contribution is 2.31. The highest BCUT2D eigenvalue weighted by molar-refractivity contribution is 5.78. The molecule has 1 N–H and O–H groups in total. The Morgan fingerprint density at radius 3 is 2.47 bits per heavy atom. The van der Waals surface area contributed by atoms with Gasteiger partial charge in [-0.15, -0.1) is 0 Å². The van der Waals surface area contributed by atoms with Gasteiger partial charge < -0.3 is 14.7 Å². The quantitative estimate of drug-likeness (QED) is 0.896. The van der Waals surface area contributed by atoms with Crippen LogP contribution in [0, 0.1) is 0 Å². The molecular weight excluding hydrogens is 263 g/mol. The summed E-state index contributed by atoms with van der Waals surface area (Å²) in [6.07, 6.45) is -4.39. The van der Waals surface area contributed by atoms with Gasteiger partial charge in [0, 0.05) is 12.2 Å². The lowest BCUT2D eigenvalue weighted by atomic mass is 10.1. The summed E-state index contributed by atoms with van der Waals surface area (Å²) in [6, 6.07) is 3.59. The van der Waals surface area contributed by atoms with Gasteiger partial charge in [0.25, 0.3) is 0 Å². The number of alkyl halides is 3. The van der Waals surface area contributed by atoms with E-state index in [2.05, 4.69) is 0 Å². The first-order valence-corrected chi connectivity index (χ1v) is 5.64. The minimum Gasteiger partial charge on any atom is -0.480 e. The summed E-state index contributed by atoms with van der Waals surface area (Å²) in [5, 5.41) is 9.05. The average Bonchev–Trinajstić information content (AvgIpc) is 2.38. The Balaban J connectivity index is 2.23. The number of halogens is 3. The van der Waals surface area contributed by atoms with Gasteiger partial charge in [0.2, 0.25) is 0 Å². The molecular formula is C12H12F3NO3. The zero-order valence-electron chi connectivity index (χ0n) is 9.85. The Kier molecular flexibility index (Phi) is 3.66. The minimum atomic E-state index is -4.39. The molecule has 0 spiro atoms. The molecule has 0 aliphatic carbocycles. The van der Waals surface area contributed by atoms with E-state index >= 15 is 0 Å². The van der Waals surface area contributed by atoms with Gasteiger partial charge in [-0.05, 0) is 24.3 Å². The molecule has 1 aliphatic heterocycles. The SMILES string of the molecule is O=C(O)C1COCCN1c1ccc(C(F)(F)F)cc1. The molecule has 104 valence electrons. The van der Waals surface area contributed by atoms with Crippen molar-refractivity contribution in [2.24, 2.45) is 0 Å². The van der Waals surface area contributed by atoms with Crippen LogP contribution >= 0.6 is 0 Å². The molecule has 19 heavy (non-hydrogen) atoms. The van der Waals surface area contributed by atoms with Crippen LogP contribution in [0.1, 0.15) is 5.56 Å². The van der Waals surface area contributed by atoms with E-state index in [-0.39, 0.29) is 6.61 Å². The van der Waals surface area contributed by atoms with Gasteiger partial charge in [-0.3, -0.25) is 0 Å². The summed E-state index contributed by atoms with van der Waals surface area (Å²) in [7, 11) is 0. The number of hydrogen-bond acceptors (Lipinski definition) is 3. The largest absolute Gasteiger partial charge is 0.480 e. The molecule has 1 saturated heterocycles. The molecule has 1 fully saturated rings. The first-order valence-electron chi connectivity index (χ1n) is 5.64. The lowest BCUT2D eigenvalue weighted by Gasteiger charge is -2.34. The smallest absolute Gasteiger partial charge is 0.416 e. The van der Waals surface area contributed by atoms with Crippen molar-refractivity contribution in [3.8, 4) is 0 Å². The topological polar surface area (TPSA) is 49.8 Å². The molecule has 1 aromatic carbocycles. The van der Waals surface area contributed by atoms with Crippen molar-refractivity contribution in [1.29, 1.82) is 0 Å². The number of benzene rings is 1. The molecule has 1 atom stereocenters. The maximum atomic E-state index is 12.4. The van der Waals surface area contributed by atoms with Gasteiger partial charge in [-0.25, -0.2) is 4.79 Å². The predicted molar refractivity (Wildman–Crippen MR) is 61.0 cm³/mol. The Bertz CT molecular complexity index is 458. The standard InChI is InChI=1S/C12H12F3NO3/c13-12(14,15)8-1-3-9(4-2-8)16-5-6-19-7-10(16)11(17)18/h1-4,10H,5-7H2,(H,17,18). The summed E-state index contributed by atoms with van der Waals surface area (Å²) < 4.78 is 42.4. The molecule has 0 bridgehead atoms. The van der Waals surface area contributed by atoms with E-state index < -0.39 is 23.8 Å². The van der Waals surface area contributed by atoms with Crippen molar-refractivity contribution in [2.45, 2.75) is 12.2 Å². The number of hydrogen-bond donors (Lipinski definition) is 1. The van der Waals surface area contributed by atoms with Crippen molar-refractivity contribution >= 4 is 11.7 Å². The molecule has 0 saturated carbocycles. The van der Waals surface area contributed by atoms with E-state index in [1.54, 1.807) is 0 Å². The summed E-state index contributed by atoms with van der Waals surface area (Å²) >= 11 is 0. The van der Waals surface area contributed by atoms with E-state index in [1.807, 2.05) is 0 Å². The Morgan fingerprint density at radius 1 is 1.32 bits per heavy atom. The number of anilines is 1. The lowest BCUT2D eigenvalue weighted by Crippen LogP contribution is -2.50. The van der Waals surface area contributed by atoms with Gasteiger partial charge in [-0.1, -0.05) is 0 Å². The Hall–Kier alpha value is -1.76. The number of carboxylic acids is 1. The normalized spacial score (nSPS) is 20.4. The summed E-state index contributed by atoms with van der Waals surface area (Å²) in [4.78, 5) is 12.6. The van der Waals surface area contributed by atoms with Crippen LogP contribution in [0.5, 0.6) is 0 Å². The maximum Gasteiger partial charge on any atom is 0.416 e. The zero-order valence-corrected chi connectivity index (χ0v) is 9.85. The molecule has 7 heteroatoms. The van der Waals surface area contributed by atoms with Crippen LogP contribution in [0.4, 0.5) is 18.9 Å². The number of nitrogens with zero attached hydrogens (tertiary/aromatic N) is 1. The van der Waals surface area contributed by atoms with Crippen molar-refractivity contribution in [2.75, 3.05) is 24.7 Å². The molecule has 0 amide bonds. The third-order valence-corrected chi connectivity index (χ3v) is 2.94. The molecule has 0 aromatic heterocycles. The van der Waals surface area contributed by atoms with Gasteiger partial charge in [0.1, 0.15) is 0 Å². The van der Waals surface area contributed by atoms with E-state index in [0.29, 0.717) is 18.8 Å². The number of carboxylic acid groups (broad SMARTS) is 1. The third kappa shape index (κ3) is 2.98. The van der Waals surface area contributed by atoms with Gasteiger partial charge in [0.15, 0.2) is 6.04 Å². The maximum absolute atomic E-state index is 12.4. The molecule has 1 unspecified atom stereocenters. The number of ether oxygens (including phenoxy) is 1. The Labute approximate surface area is 107 Å². The molecule has 2 rings (SSSR count). The van der Waals surface area contributed by atoms with Gasteiger partial charge in [0.05, 0.1) is 18.8 Å². The van der Waals surface area contributed by atoms with E-state index in [4.69, 9.17) is 9.84 Å².